The third-order valence-electron chi connectivity index (χ3n) is 5.37. The Hall–Kier alpha value is -2.54. The highest BCUT2D eigenvalue weighted by Gasteiger charge is 2.24. The van der Waals surface area contributed by atoms with Gasteiger partial charge in [-0.3, -0.25) is 9.69 Å². The Morgan fingerprint density at radius 2 is 1.80 bits per heavy atom. The normalized spacial score (nSPS) is 16.3. The van der Waals surface area contributed by atoms with Crippen LogP contribution >= 0.6 is 11.3 Å². The van der Waals surface area contributed by atoms with Gasteiger partial charge in [-0.25, -0.2) is 4.98 Å². The summed E-state index contributed by atoms with van der Waals surface area (Å²) in [6, 6.07) is 20.1. The Kier molecular flexibility index (Phi) is 7.24. The van der Waals surface area contributed by atoms with Crippen LogP contribution in [0.4, 0.5) is 0 Å². The average Bonchev–Trinajstić information content (AvgIpc) is 3.33. The van der Waals surface area contributed by atoms with Crippen LogP contribution in [0.25, 0.3) is 0 Å². The quantitative estimate of drug-likeness (QED) is 0.597. The SMILES string of the molecule is O=C(CN1CCC(OCc2ccccc2)CC1)NC(c1ccccc1)c1nccs1. The first-order chi connectivity index (χ1) is 14.8. The van der Waals surface area contributed by atoms with Crippen molar-refractivity contribution in [3.8, 4) is 0 Å². The van der Waals surface area contributed by atoms with Crippen LogP contribution in [0, 0.1) is 0 Å². The molecule has 0 radical (unpaired) electrons. The lowest BCUT2D eigenvalue weighted by atomic mass is 10.1. The van der Waals surface area contributed by atoms with Crippen LogP contribution in [0.15, 0.2) is 72.2 Å². The maximum Gasteiger partial charge on any atom is 0.235 e. The van der Waals surface area contributed by atoms with Gasteiger partial charge in [-0.2, -0.15) is 0 Å². The van der Waals surface area contributed by atoms with Crippen LogP contribution < -0.4 is 5.32 Å². The zero-order valence-corrected chi connectivity index (χ0v) is 17.8. The van der Waals surface area contributed by atoms with Crippen LogP contribution in [-0.2, 0) is 16.1 Å². The first-order valence-electron chi connectivity index (χ1n) is 10.4. The summed E-state index contributed by atoms with van der Waals surface area (Å²) in [4.78, 5) is 19.4. The lowest BCUT2D eigenvalue weighted by molar-refractivity contribution is -0.123. The summed E-state index contributed by atoms with van der Waals surface area (Å²) in [5.74, 6) is 0.0303. The molecular weight excluding hydrogens is 394 g/mol. The molecule has 1 saturated heterocycles. The summed E-state index contributed by atoms with van der Waals surface area (Å²) in [7, 11) is 0. The molecule has 0 spiro atoms. The fourth-order valence-corrected chi connectivity index (χ4v) is 4.46. The fourth-order valence-electron chi connectivity index (χ4n) is 3.74. The molecule has 30 heavy (non-hydrogen) atoms. The van der Waals surface area contributed by atoms with E-state index in [4.69, 9.17) is 4.74 Å². The predicted molar refractivity (Wildman–Crippen MR) is 119 cm³/mol. The number of thiazole rings is 1. The number of hydrogen-bond acceptors (Lipinski definition) is 5. The molecule has 3 aromatic rings. The van der Waals surface area contributed by atoms with E-state index in [-0.39, 0.29) is 18.1 Å². The topological polar surface area (TPSA) is 54.5 Å². The van der Waals surface area contributed by atoms with Crippen molar-refractivity contribution in [1.82, 2.24) is 15.2 Å². The standard InChI is InChI=1S/C24H27N3O2S/c28-22(26-23(24-25-13-16-30-24)20-9-5-2-6-10-20)17-27-14-11-21(12-15-27)29-18-19-7-3-1-4-8-19/h1-10,13,16,21,23H,11-12,14-15,17-18H2,(H,26,28). The van der Waals surface area contributed by atoms with E-state index in [1.54, 1.807) is 17.5 Å². The van der Waals surface area contributed by atoms with Crippen molar-refractivity contribution in [2.24, 2.45) is 0 Å². The zero-order valence-electron chi connectivity index (χ0n) is 16.9. The van der Waals surface area contributed by atoms with E-state index >= 15 is 0 Å². The molecule has 156 valence electrons. The smallest absolute Gasteiger partial charge is 0.235 e. The van der Waals surface area contributed by atoms with Crippen molar-refractivity contribution >= 4 is 17.2 Å². The second-order valence-corrected chi connectivity index (χ2v) is 8.48. The molecular formula is C24H27N3O2S. The summed E-state index contributed by atoms with van der Waals surface area (Å²) in [6.45, 7) is 2.80. The van der Waals surface area contributed by atoms with E-state index in [9.17, 15) is 4.79 Å². The van der Waals surface area contributed by atoms with E-state index in [2.05, 4.69) is 27.3 Å². The third-order valence-corrected chi connectivity index (χ3v) is 6.21. The zero-order chi connectivity index (χ0) is 20.6. The van der Waals surface area contributed by atoms with Gasteiger partial charge in [-0.15, -0.1) is 11.3 Å². The monoisotopic (exact) mass is 421 g/mol. The highest BCUT2D eigenvalue weighted by molar-refractivity contribution is 7.09. The number of likely N-dealkylation sites (tertiary alicyclic amines) is 1. The number of hydrogen-bond donors (Lipinski definition) is 1. The number of carbonyl (C=O) groups is 1. The molecule has 0 saturated carbocycles. The Bertz CT molecular complexity index is 895. The third kappa shape index (κ3) is 5.75. The molecule has 1 amide bonds. The summed E-state index contributed by atoms with van der Waals surface area (Å²) in [5.41, 5.74) is 2.25. The molecule has 5 nitrogen and oxygen atoms in total. The summed E-state index contributed by atoms with van der Waals surface area (Å²) < 4.78 is 6.06. The number of nitrogens with one attached hydrogen (secondary N) is 1. The molecule has 1 aliphatic heterocycles. The van der Waals surface area contributed by atoms with Gasteiger partial charge < -0.3 is 10.1 Å². The van der Waals surface area contributed by atoms with Gasteiger partial charge in [-0.1, -0.05) is 60.7 Å². The van der Waals surface area contributed by atoms with Crippen molar-refractivity contribution in [3.63, 3.8) is 0 Å². The average molecular weight is 422 g/mol. The number of piperidine rings is 1. The van der Waals surface area contributed by atoms with Gasteiger partial charge in [0, 0.05) is 24.7 Å². The second kappa shape index (κ2) is 10.5. The van der Waals surface area contributed by atoms with Gasteiger partial charge in [-0.05, 0) is 24.0 Å². The van der Waals surface area contributed by atoms with Crippen LogP contribution in [0.3, 0.4) is 0 Å². The van der Waals surface area contributed by atoms with Gasteiger partial charge in [0.1, 0.15) is 11.0 Å². The molecule has 2 heterocycles. The number of amides is 1. The number of nitrogens with zero attached hydrogens (tertiary/aromatic N) is 2. The van der Waals surface area contributed by atoms with Gasteiger partial charge in [0.2, 0.25) is 5.91 Å². The number of carbonyl (C=O) groups excluding carboxylic acids is 1. The molecule has 1 N–H and O–H groups in total. The molecule has 2 aromatic carbocycles. The van der Waals surface area contributed by atoms with Crippen LogP contribution in [0.1, 0.15) is 35.0 Å². The summed E-state index contributed by atoms with van der Waals surface area (Å²) in [5, 5.41) is 6.02. The number of ether oxygens (including phenoxy) is 1. The van der Waals surface area contributed by atoms with Crippen LogP contribution in [0.2, 0.25) is 0 Å². The molecule has 1 atom stereocenters. The summed E-state index contributed by atoms with van der Waals surface area (Å²) >= 11 is 1.56. The first kappa shape index (κ1) is 20.7. The van der Waals surface area contributed by atoms with E-state index in [1.165, 1.54) is 5.56 Å². The lowest BCUT2D eigenvalue weighted by Gasteiger charge is -2.31. The number of benzene rings is 2. The van der Waals surface area contributed by atoms with Crippen molar-refractivity contribution in [3.05, 3.63) is 88.4 Å². The predicted octanol–water partition coefficient (Wildman–Crippen LogP) is 4.03. The van der Waals surface area contributed by atoms with E-state index in [1.807, 2.05) is 53.9 Å². The molecule has 1 unspecified atom stereocenters. The first-order valence-corrected chi connectivity index (χ1v) is 11.3. The largest absolute Gasteiger partial charge is 0.373 e. The second-order valence-electron chi connectivity index (χ2n) is 7.55. The molecule has 1 aliphatic rings. The minimum atomic E-state index is -0.203. The molecule has 4 rings (SSSR count). The van der Waals surface area contributed by atoms with Gasteiger partial charge in [0.15, 0.2) is 0 Å². The number of rotatable bonds is 8. The molecule has 1 aromatic heterocycles. The van der Waals surface area contributed by atoms with Gasteiger partial charge in [0.25, 0.3) is 0 Å². The molecule has 0 aliphatic carbocycles. The van der Waals surface area contributed by atoms with E-state index < -0.39 is 0 Å². The maximum atomic E-state index is 12.8. The molecule has 6 heteroatoms. The summed E-state index contributed by atoms with van der Waals surface area (Å²) in [6.07, 6.45) is 3.95. The van der Waals surface area contributed by atoms with Crippen molar-refractivity contribution in [1.29, 1.82) is 0 Å². The Morgan fingerprint density at radius 3 is 2.47 bits per heavy atom. The Balaban J connectivity index is 1.26. The van der Waals surface area contributed by atoms with E-state index in [0.29, 0.717) is 13.2 Å². The highest BCUT2D eigenvalue weighted by Crippen LogP contribution is 2.24. The van der Waals surface area contributed by atoms with Gasteiger partial charge >= 0.3 is 0 Å². The van der Waals surface area contributed by atoms with Crippen LogP contribution in [-0.4, -0.2) is 41.5 Å². The van der Waals surface area contributed by atoms with Gasteiger partial charge in [0.05, 0.1) is 19.3 Å². The highest BCUT2D eigenvalue weighted by atomic mass is 32.1. The van der Waals surface area contributed by atoms with E-state index in [0.717, 1.165) is 36.5 Å². The number of aromatic nitrogens is 1. The molecule has 0 bridgehead atoms. The van der Waals surface area contributed by atoms with Crippen molar-refractivity contribution in [2.45, 2.75) is 31.6 Å². The Morgan fingerprint density at radius 1 is 1.10 bits per heavy atom. The Labute approximate surface area is 181 Å². The molecule has 1 fully saturated rings. The minimum absolute atomic E-state index is 0.0303. The minimum Gasteiger partial charge on any atom is -0.373 e. The fraction of sp³-hybridized carbons (Fsp3) is 0.333. The lowest BCUT2D eigenvalue weighted by Crippen LogP contribution is -2.44. The van der Waals surface area contributed by atoms with Crippen molar-refractivity contribution in [2.75, 3.05) is 19.6 Å². The van der Waals surface area contributed by atoms with Crippen LogP contribution in [0.5, 0.6) is 0 Å². The van der Waals surface area contributed by atoms with Crippen molar-refractivity contribution < 1.29 is 9.53 Å². The maximum absolute atomic E-state index is 12.8.